The van der Waals surface area contributed by atoms with Gasteiger partial charge >= 0.3 is 5.97 Å². The molecule has 104 valence electrons. The van der Waals surface area contributed by atoms with Crippen LogP contribution in [0.3, 0.4) is 0 Å². The zero-order valence-electron chi connectivity index (χ0n) is 11.1. The highest BCUT2D eigenvalue weighted by Crippen LogP contribution is 2.28. The van der Waals surface area contributed by atoms with Crippen LogP contribution in [0.4, 0.5) is 17.1 Å². The van der Waals surface area contributed by atoms with Crippen LogP contribution in [0.1, 0.15) is 10.4 Å². The van der Waals surface area contributed by atoms with Gasteiger partial charge in [0.2, 0.25) is 0 Å². The zero-order valence-corrected chi connectivity index (χ0v) is 11.1. The number of carboxylic acids is 1. The Bertz CT molecular complexity index is 831. The number of carboxylic acid groups (broad SMARTS) is 1. The molecule has 0 amide bonds. The van der Waals surface area contributed by atoms with Crippen molar-refractivity contribution in [1.29, 1.82) is 0 Å². The fourth-order valence-electron chi connectivity index (χ4n) is 2.17. The summed E-state index contributed by atoms with van der Waals surface area (Å²) >= 11 is 0. The molecule has 0 aliphatic rings. The lowest BCUT2D eigenvalue weighted by Crippen LogP contribution is -2.05. The Morgan fingerprint density at radius 3 is 2.76 bits per heavy atom. The van der Waals surface area contributed by atoms with Crippen LogP contribution in [0.2, 0.25) is 0 Å². The molecule has 0 bridgehead atoms. The first-order valence-electron chi connectivity index (χ1n) is 6.39. The van der Waals surface area contributed by atoms with Crippen LogP contribution >= 0.6 is 0 Å². The van der Waals surface area contributed by atoms with E-state index in [0.717, 1.165) is 10.9 Å². The third kappa shape index (κ3) is 2.49. The van der Waals surface area contributed by atoms with Gasteiger partial charge in [-0.05, 0) is 24.3 Å². The molecule has 5 nitrogen and oxygen atoms in total. The van der Waals surface area contributed by atoms with Gasteiger partial charge in [0.05, 0.1) is 34.3 Å². The van der Waals surface area contributed by atoms with Gasteiger partial charge in [-0.15, -0.1) is 0 Å². The molecule has 0 saturated heterocycles. The maximum absolute atomic E-state index is 11.3. The van der Waals surface area contributed by atoms with Crippen molar-refractivity contribution >= 4 is 33.9 Å². The quantitative estimate of drug-likeness (QED) is 0.640. The second-order valence-electron chi connectivity index (χ2n) is 4.62. The molecule has 3 rings (SSSR count). The summed E-state index contributed by atoms with van der Waals surface area (Å²) in [6.45, 7) is 0. The molecule has 0 aliphatic carbocycles. The second kappa shape index (κ2) is 5.13. The van der Waals surface area contributed by atoms with Crippen molar-refractivity contribution in [2.24, 2.45) is 0 Å². The SMILES string of the molecule is Nc1cccc(C(=O)O)c1Nc1cnc2ccccc2c1. The molecule has 1 aromatic heterocycles. The monoisotopic (exact) mass is 279 g/mol. The van der Waals surface area contributed by atoms with E-state index in [9.17, 15) is 9.90 Å². The fraction of sp³-hybridized carbons (Fsp3) is 0. The Morgan fingerprint density at radius 1 is 1.14 bits per heavy atom. The van der Waals surface area contributed by atoms with Gasteiger partial charge in [0.25, 0.3) is 0 Å². The number of hydrogen-bond acceptors (Lipinski definition) is 4. The summed E-state index contributed by atoms with van der Waals surface area (Å²) in [6.07, 6.45) is 1.65. The smallest absolute Gasteiger partial charge is 0.337 e. The Morgan fingerprint density at radius 2 is 1.95 bits per heavy atom. The number of aromatic nitrogens is 1. The summed E-state index contributed by atoms with van der Waals surface area (Å²) in [5.41, 5.74) is 8.32. The average molecular weight is 279 g/mol. The summed E-state index contributed by atoms with van der Waals surface area (Å²) in [7, 11) is 0. The van der Waals surface area contributed by atoms with Gasteiger partial charge in [0.1, 0.15) is 0 Å². The van der Waals surface area contributed by atoms with E-state index in [1.54, 1.807) is 18.3 Å². The molecule has 0 radical (unpaired) electrons. The summed E-state index contributed by atoms with van der Waals surface area (Å²) in [5, 5.41) is 13.2. The minimum atomic E-state index is -1.03. The van der Waals surface area contributed by atoms with Crippen LogP contribution in [0.15, 0.2) is 54.7 Å². The Kier molecular flexibility index (Phi) is 3.16. The average Bonchev–Trinajstić information content (AvgIpc) is 2.49. The number of aromatic carboxylic acids is 1. The lowest BCUT2D eigenvalue weighted by molar-refractivity contribution is 0.0698. The largest absolute Gasteiger partial charge is 0.478 e. The number of nitrogen functional groups attached to an aromatic ring is 1. The molecule has 0 aliphatic heterocycles. The van der Waals surface area contributed by atoms with Crippen molar-refractivity contribution in [3.05, 3.63) is 60.3 Å². The Balaban J connectivity index is 2.04. The molecule has 2 aromatic carbocycles. The number of benzene rings is 2. The number of nitrogens with zero attached hydrogens (tertiary/aromatic N) is 1. The highest BCUT2D eigenvalue weighted by molar-refractivity contribution is 5.99. The van der Waals surface area contributed by atoms with Crippen LogP contribution in [0.5, 0.6) is 0 Å². The van der Waals surface area contributed by atoms with Crippen LogP contribution in [-0.4, -0.2) is 16.1 Å². The summed E-state index contributed by atoms with van der Waals surface area (Å²) in [4.78, 5) is 15.6. The lowest BCUT2D eigenvalue weighted by Gasteiger charge is -2.12. The highest BCUT2D eigenvalue weighted by Gasteiger charge is 2.12. The zero-order chi connectivity index (χ0) is 14.8. The van der Waals surface area contributed by atoms with E-state index in [4.69, 9.17) is 5.73 Å². The predicted molar refractivity (Wildman–Crippen MR) is 82.8 cm³/mol. The summed E-state index contributed by atoms with van der Waals surface area (Å²) < 4.78 is 0. The predicted octanol–water partition coefficient (Wildman–Crippen LogP) is 3.26. The van der Waals surface area contributed by atoms with Crippen molar-refractivity contribution in [2.45, 2.75) is 0 Å². The van der Waals surface area contributed by atoms with E-state index in [-0.39, 0.29) is 5.56 Å². The van der Waals surface area contributed by atoms with E-state index in [2.05, 4.69) is 10.3 Å². The lowest BCUT2D eigenvalue weighted by atomic mass is 10.1. The van der Waals surface area contributed by atoms with Crippen LogP contribution < -0.4 is 11.1 Å². The normalized spacial score (nSPS) is 10.5. The molecule has 0 unspecified atom stereocenters. The molecule has 4 N–H and O–H groups in total. The molecule has 0 spiro atoms. The Hall–Kier alpha value is -3.08. The molecule has 0 atom stereocenters. The van der Waals surface area contributed by atoms with Crippen molar-refractivity contribution in [3.63, 3.8) is 0 Å². The number of fused-ring (bicyclic) bond motifs is 1. The third-order valence-corrected chi connectivity index (χ3v) is 3.19. The molecule has 0 fully saturated rings. The molecule has 5 heteroatoms. The molecular weight excluding hydrogens is 266 g/mol. The van der Waals surface area contributed by atoms with Gasteiger partial charge in [-0.25, -0.2) is 4.79 Å². The van der Waals surface area contributed by atoms with E-state index in [1.165, 1.54) is 6.07 Å². The topological polar surface area (TPSA) is 88.2 Å². The molecule has 3 aromatic rings. The minimum absolute atomic E-state index is 0.128. The van der Waals surface area contributed by atoms with Crippen molar-refractivity contribution < 1.29 is 9.90 Å². The Labute approximate surface area is 121 Å². The molecule has 1 heterocycles. The first-order valence-corrected chi connectivity index (χ1v) is 6.39. The van der Waals surface area contributed by atoms with Crippen molar-refractivity contribution in [2.75, 3.05) is 11.1 Å². The van der Waals surface area contributed by atoms with Gasteiger partial charge in [-0.3, -0.25) is 4.98 Å². The minimum Gasteiger partial charge on any atom is -0.478 e. The summed E-state index contributed by atoms with van der Waals surface area (Å²) in [6, 6.07) is 14.4. The van der Waals surface area contributed by atoms with Gasteiger partial charge in [-0.2, -0.15) is 0 Å². The van der Waals surface area contributed by atoms with Gasteiger partial charge < -0.3 is 16.2 Å². The third-order valence-electron chi connectivity index (χ3n) is 3.19. The number of rotatable bonds is 3. The van der Waals surface area contributed by atoms with Crippen molar-refractivity contribution in [3.8, 4) is 0 Å². The first-order chi connectivity index (χ1) is 10.1. The number of nitrogens with one attached hydrogen (secondary N) is 1. The number of anilines is 3. The molecule has 0 saturated carbocycles. The van der Waals surface area contributed by atoms with Gasteiger partial charge in [0, 0.05) is 5.39 Å². The van der Waals surface area contributed by atoms with Gasteiger partial charge in [-0.1, -0.05) is 24.3 Å². The molecule has 21 heavy (non-hydrogen) atoms. The maximum Gasteiger partial charge on any atom is 0.337 e. The van der Waals surface area contributed by atoms with Crippen LogP contribution in [0.25, 0.3) is 10.9 Å². The number of para-hydroxylation sites is 2. The summed E-state index contributed by atoms with van der Waals surface area (Å²) in [5.74, 6) is -1.03. The fourth-order valence-corrected chi connectivity index (χ4v) is 2.17. The number of carbonyl (C=O) groups is 1. The number of pyridine rings is 1. The number of hydrogen-bond donors (Lipinski definition) is 3. The van der Waals surface area contributed by atoms with E-state index < -0.39 is 5.97 Å². The van der Waals surface area contributed by atoms with Gasteiger partial charge in [0.15, 0.2) is 0 Å². The van der Waals surface area contributed by atoms with Crippen LogP contribution in [0, 0.1) is 0 Å². The molecular formula is C16H13N3O2. The van der Waals surface area contributed by atoms with Crippen LogP contribution in [-0.2, 0) is 0 Å². The maximum atomic E-state index is 11.3. The second-order valence-corrected chi connectivity index (χ2v) is 4.62. The van der Waals surface area contributed by atoms with Crippen molar-refractivity contribution in [1.82, 2.24) is 4.98 Å². The highest BCUT2D eigenvalue weighted by atomic mass is 16.4. The first kappa shape index (κ1) is 12.9. The van der Waals surface area contributed by atoms with E-state index in [0.29, 0.717) is 17.1 Å². The van der Waals surface area contributed by atoms with E-state index >= 15 is 0 Å². The number of nitrogens with two attached hydrogens (primary N) is 1. The van der Waals surface area contributed by atoms with E-state index in [1.807, 2.05) is 30.3 Å². The standard InChI is InChI=1S/C16H13N3O2/c17-13-6-3-5-12(16(20)21)15(13)19-11-8-10-4-1-2-7-14(10)18-9-11/h1-9,19H,17H2,(H,20,21).